The summed E-state index contributed by atoms with van der Waals surface area (Å²) in [5.74, 6) is 1.21. The molecule has 2 nitrogen and oxygen atoms in total. The Labute approximate surface area is 123 Å². The summed E-state index contributed by atoms with van der Waals surface area (Å²) in [7, 11) is 2.16. The molecule has 0 aliphatic rings. The summed E-state index contributed by atoms with van der Waals surface area (Å²) in [5.41, 5.74) is 8.14. The fourth-order valence-corrected chi connectivity index (χ4v) is 2.99. The molecule has 18 heavy (non-hydrogen) atoms. The molecule has 0 fully saturated rings. The van der Waals surface area contributed by atoms with Gasteiger partial charge in [-0.1, -0.05) is 22.0 Å². The smallest absolute Gasteiger partial charge is 0.0377 e. The molecular formula is C14H23BrN2S. The van der Waals surface area contributed by atoms with Crippen molar-refractivity contribution in [3.8, 4) is 0 Å². The maximum absolute atomic E-state index is 5.60. The summed E-state index contributed by atoms with van der Waals surface area (Å²) in [6.45, 7) is 2.97. The van der Waals surface area contributed by atoms with Gasteiger partial charge in [0.2, 0.25) is 0 Å². The lowest BCUT2D eigenvalue weighted by Gasteiger charge is -2.27. The molecule has 0 amide bonds. The zero-order chi connectivity index (χ0) is 13.5. The van der Waals surface area contributed by atoms with E-state index in [1.807, 2.05) is 11.8 Å². The highest BCUT2D eigenvalue weighted by Gasteiger charge is 2.11. The molecule has 0 radical (unpaired) electrons. The highest BCUT2D eigenvalue weighted by Crippen LogP contribution is 2.25. The Morgan fingerprint density at radius 1 is 1.44 bits per heavy atom. The van der Waals surface area contributed by atoms with E-state index in [-0.39, 0.29) is 0 Å². The fraction of sp³-hybridized carbons (Fsp3) is 0.571. The van der Waals surface area contributed by atoms with E-state index in [4.69, 9.17) is 5.73 Å². The minimum Gasteiger partial charge on any atom is -0.372 e. The lowest BCUT2D eigenvalue weighted by Crippen LogP contribution is -2.29. The number of hydrogen-bond donors (Lipinski definition) is 1. The second-order valence-corrected chi connectivity index (χ2v) is 6.40. The van der Waals surface area contributed by atoms with Gasteiger partial charge in [-0.15, -0.1) is 0 Å². The van der Waals surface area contributed by atoms with E-state index in [2.05, 4.69) is 59.3 Å². The molecule has 1 unspecified atom stereocenters. The van der Waals surface area contributed by atoms with Crippen molar-refractivity contribution in [2.45, 2.75) is 25.8 Å². The molecule has 0 aliphatic carbocycles. The highest BCUT2D eigenvalue weighted by atomic mass is 79.9. The maximum Gasteiger partial charge on any atom is 0.0377 e. The first-order valence-corrected chi connectivity index (χ1v) is 8.49. The van der Waals surface area contributed by atoms with E-state index in [0.29, 0.717) is 12.6 Å². The van der Waals surface area contributed by atoms with Crippen molar-refractivity contribution in [3.05, 3.63) is 28.2 Å². The van der Waals surface area contributed by atoms with Gasteiger partial charge in [-0.25, -0.2) is 0 Å². The van der Waals surface area contributed by atoms with E-state index in [9.17, 15) is 0 Å². The molecule has 1 aromatic carbocycles. The molecule has 0 heterocycles. The zero-order valence-electron chi connectivity index (χ0n) is 11.4. The fourth-order valence-electron chi connectivity index (χ4n) is 1.85. The number of thioether (sulfide) groups is 1. The highest BCUT2D eigenvalue weighted by molar-refractivity contribution is 9.10. The molecule has 1 rings (SSSR count). The molecule has 0 saturated heterocycles. The molecule has 0 aromatic heterocycles. The molecule has 1 aromatic rings. The molecule has 2 N–H and O–H groups in total. The van der Waals surface area contributed by atoms with E-state index < -0.39 is 0 Å². The van der Waals surface area contributed by atoms with Crippen molar-refractivity contribution in [2.24, 2.45) is 5.73 Å². The van der Waals surface area contributed by atoms with Gasteiger partial charge in [0.25, 0.3) is 0 Å². The summed E-state index contributed by atoms with van der Waals surface area (Å²) < 4.78 is 1.16. The summed E-state index contributed by atoms with van der Waals surface area (Å²) in [6, 6.07) is 7.11. The van der Waals surface area contributed by atoms with Gasteiger partial charge in [0.05, 0.1) is 0 Å². The minimum atomic E-state index is 0.560. The number of hydrogen-bond acceptors (Lipinski definition) is 3. The van der Waals surface area contributed by atoms with Crippen molar-refractivity contribution in [1.82, 2.24) is 0 Å². The van der Waals surface area contributed by atoms with E-state index in [1.165, 1.54) is 23.4 Å². The third-order valence-electron chi connectivity index (χ3n) is 3.26. The minimum absolute atomic E-state index is 0.560. The quantitative estimate of drug-likeness (QED) is 0.829. The van der Waals surface area contributed by atoms with Crippen LogP contribution in [0.3, 0.4) is 0 Å². The second-order valence-electron chi connectivity index (χ2n) is 4.56. The molecule has 0 bridgehead atoms. The maximum atomic E-state index is 5.60. The van der Waals surface area contributed by atoms with Crippen molar-refractivity contribution >= 4 is 33.4 Å². The van der Waals surface area contributed by atoms with Gasteiger partial charge in [0.15, 0.2) is 0 Å². The number of nitrogens with two attached hydrogens (primary N) is 1. The van der Waals surface area contributed by atoms with Crippen LogP contribution in [0.25, 0.3) is 0 Å². The standard InChI is InChI=1S/C14H23BrN2S/c1-11(7-9-18-3)17(2)13-5-4-12(6-8-16)14(15)10-13/h4-5,10-11H,6-9,16H2,1-3H3. The Morgan fingerprint density at radius 3 is 2.72 bits per heavy atom. The Hall–Kier alpha value is -0.190. The zero-order valence-corrected chi connectivity index (χ0v) is 13.9. The summed E-state index contributed by atoms with van der Waals surface area (Å²) in [5, 5.41) is 0. The largest absolute Gasteiger partial charge is 0.372 e. The van der Waals surface area contributed by atoms with Crippen LogP contribution < -0.4 is 10.6 Å². The topological polar surface area (TPSA) is 29.3 Å². The Bertz CT molecular complexity index is 371. The van der Waals surface area contributed by atoms with Crippen molar-refractivity contribution in [3.63, 3.8) is 0 Å². The van der Waals surface area contributed by atoms with Crippen LogP contribution in [0, 0.1) is 0 Å². The summed E-state index contributed by atoms with van der Waals surface area (Å²) in [4.78, 5) is 2.34. The summed E-state index contributed by atoms with van der Waals surface area (Å²) in [6.07, 6.45) is 4.29. The number of anilines is 1. The second kappa shape index (κ2) is 8.08. The lowest BCUT2D eigenvalue weighted by atomic mass is 10.1. The molecule has 0 aliphatic heterocycles. The van der Waals surface area contributed by atoms with Crippen LogP contribution in [-0.2, 0) is 6.42 Å². The Kier molecular flexibility index (Phi) is 7.12. The monoisotopic (exact) mass is 330 g/mol. The first-order valence-electron chi connectivity index (χ1n) is 6.30. The van der Waals surface area contributed by atoms with Crippen LogP contribution in [-0.4, -0.2) is 31.6 Å². The number of rotatable bonds is 7. The van der Waals surface area contributed by atoms with E-state index in [0.717, 1.165) is 10.9 Å². The average molecular weight is 331 g/mol. The third kappa shape index (κ3) is 4.48. The Balaban J connectivity index is 2.74. The molecular weight excluding hydrogens is 308 g/mol. The number of benzene rings is 1. The van der Waals surface area contributed by atoms with Gasteiger partial charge in [-0.2, -0.15) is 11.8 Å². The van der Waals surface area contributed by atoms with Crippen LogP contribution in [0.5, 0.6) is 0 Å². The van der Waals surface area contributed by atoms with Crippen molar-refractivity contribution < 1.29 is 0 Å². The van der Waals surface area contributed by atoms with Crippen LogP contribution in [0.1, 0.15) is 18.9 Å². The molecule has 4 heteroatoms. The first-order chi connectivity index (χ1) is 8.60. The van der Waals surface area contributed by atoms with E-state index >= 15 is 0 Å². The van der Waals surface area contributed by atoms with Crippen LogP contribution in [0.15, 0.2) is 22.7 Å². The van der Waals surface area contributed by atoms with Gasteiger partial charge in [-0.3, -0.25) is 0 Å². The molecule has 102 valence electrons. The Morgan fingerprint density at radius 2 is 2.17 bits per heavy atom. The normalized spacial score (nSPS) is 12.5. The predicted molar refractivity (Wildman–Crippen MR) is 87.8 cm³/mol. The first kappa shape index (κ1) is 15.9. The molecule has 0 saturated carbocycles. The molecule has 1 atom stereocenters. The van der Waals surface area contributed by atoms with Crippen LogP contribution in [0.4, 0.5) is 5.69 Å². The van der Waals surface area contributed by atoms with Crippen molar-refractivity contribution in [1.29, 1.82) is 0 Å². The average Bonchev–Trinajstić information content (AvgIpc) is 2.37. The SMILES string of the molecule is CSCCC(C)N(C)c1ccc(CCN)c(Br)c1. The third-order valence-corrected chi connectivity index (χ3v) is 4.64. The van der Waals surface area contributed by atoms with Gasteiger partial charge in [0.1, 0.15) is 0 Å². The summed E-state index contributed by atoms with van der Waals surface area (Å²) >= 11 is 5.54. The predicted octanol–water partition coefficient (Wildman–Crippen LogP) is 3.53. The van der Waals surface area contributed by atoms with Gasteiger partial charge in [-0.05, 0) is 56.0 Å². The van der Waals surface area contributed by atoms with Crippen LogP contribution >= 0.6 is 27.7 Å². The van der Waals surface area contributed by atoms with Crippen LogP contribution in [0.2, 0.25) is 0 Å². The van der Waals surface area contributed by atoms with E-state index in [1.54, 1.807) is 0 Å². The lowest BCUT2D eigenvalue weighted by molar-refractivity contribution is 0.669. The van der Waals surface area contributed by atoms with Gasteiger partial charge >= 0.3 is 0 Å². The number of nitrogens with zero attached hydrogens (tertiary/aromatic N) is 1. The van der Waals surface area contributed by atoms with Crippen molar-refractivity contribution in [2.75, 3.05) is 30.5 Å². The van der Waals surface area contributed by atoms with Gasteiger partial charge in [0, 0.05) is 23.2 Å². The molecule has 0 spiro atoms. The van der Waals surface area contributed by atoms with Gasteiger partial charge < -0.3 is 10.6 Å². The number of halogens is 1.